The van der Waals surface area contributed by atoms with E-state index in [9.17, 15) is 5.11 Å². The third-order valence-corrected chi connectivity index (χ3v) is 3.60. The molecule has 84 valence electrons. The molecule has 2 aromatic rings. The van der Waals surface area contributed by atoms with E-state index in [2.05, 4.69) is 6.92 Å². The fraction of sp³-hybridized carbons (Fsp3) is 0.429. The first-order valence-corrected chi connectivity index (χ1v) is 5.92. The molecule has 0 spiro atoms. The maximum atomic E-state index is 10.2. The summed E-state index contributed by atoms with van der Waals surface area (Å²) in [4.78, 5) is 0. The summed E-state index contributed by atoms with van der Waals surface area (Å²) in [5.41, 5.74) is 0.861. The summed E-state index contributed by atoms with van der Waals surface area (Å²) in [6.07, 6.45) is 2.04. The Bertz CT molecular complexity index is 463. The fourth-order valence-electron chi connectivity index (χ4n) is 2.29. The molecular formula is C14H16O2. The minimum absolute atomic E-state index is 0.306. The Morgan fingerprint density at radius 1 is 1.31 bits per heavy atom. The number of aliphatic hydroxyl groups excluding tert-OH is 1. The first-order valence-electron chi connectivity index (χ1n) is 5.92. The summed E-state index contributed by atoms with van der Waals surface area (Å²) in [6, 6.07) is 9.84. The molecule has 1 heterocycles. The maximum absolute atomic E-state index is 10.2. The molecule has 1 aliphatic carbocycles. The van der Waals surface area contributed by atoms with Gasteiger partial charge in [0.2, 0.25) is 0 Å². The number of furan rings is 1. The van der Waals surface area contributed by atoms with E-state index in [0.29, 0.717) is 17.6 Å². The van der Waals surface area contributed by atoms with Gasteiger partial charge in [-0.2, -0.15) is 0 Å². The Kier molecular flexibility index (Phi) is 2.25. The van der Waals surface area contributed by atoms with E-state index in [1.807, 2.05) is 30.3 Å². The van der Waals surface area contributed by atoms with Crippen LogP contribution >= 0.6 is 0 Å². The molecule has 2 atom stereocenters. The maximum Gasteiger partial charge on any atom is 0.134 e. The largest absolute Gasteiger partial charge is 0.458 e. The van der Waals surface area contributed by atoms with Crippen LogP contribution in [-0.2, 0) is 0 Å². The number of para-hydroxylation sites is 1. The Labute approximate surface area is 94.9 Å². The quantitative estimate of drug-likeness (QED) is 0.851. The zero-order chi connectivity index (χ0) is 11.1. The standard InChI is InChI=1S/C14H16O2/c1-9(10-6-7-10)14(15)13-8-11-4-2-3-5-12(11)16-13/h2-5,8-10,14-15H,6-7H2,1H3. The Hall–Kier alpha value is -1.28. The smallest absolute Gasteiger partial charge is 0.134 e. The van der Waals surface area contributed by atoms with Gasteiger partial charge in [0.15, 0.2) is 0 Å². The molecule has 1 aromatic heterocycles. The molecular weight excluding hydrogens is 200 g/mol. The first kappa shape index (κ1) is 9.91. The van der Waals surface area contributed by atoms with Crippen LogP contribution in [0.3, 0.4) is 0 Å². The highest BCUT2D eigenvalue weighted by atomic mass is 16.4. The second-order valence-corrected chi connectivity index (χ2v) is 4.83. The minimum Gasteiger partial charge on any atom is -0.458 e. The lowest BCUT2D eigenvalue weighted by atomic mass is 9.97. The highest BCUT2D eigenvalue weighted by molar-refractivity contribution is 5.77. The number of aliphatic hydroxyl groups is 1. The molecule has 0 amide bonds. The normalized spacial score (nSPS) is 19.9. The zero-order valence-corrected chi connectivity index (χ0v) is 9.39. The van der Waals surface area contributed by atoms with Crippen LogP contribution in [0.1, 0.15) is 31.6 Å². The average molecular weight is 216 g/mol. The molecule has 2 heteroatoms. The SMILES string of the molecule is CC(C1CC1)C(O)c1cc2ccccc2o1. The van der Waals surface area contributed by atoms with Crippen molar-refractivity contribution in [2.45, 2.75) is 25.9 Å². The van der Waals surface area contributed by atoms with Gasteiger partial charge in [0.1, 0.15) is 17.4 Å². The Morgan fingerprint density at radius 3 is 2.75 bits per heavy atom. The number of hydrogen-bond donors (Lipinski definition) is 1. The molecule has 0 saturated heterocycles. The molecule has 1 N–H and O–H groups in total. The second kappa shape index (κ2) is 3.63. The van der Waals surface area contributed by atoms with Crippen molar-refractivity contribution in [1.29, 1.82) is 0 Å². The van der Waals surface area contributed by atoms with Crippen molar-refractivity contribution in [3.63, 3.8) is 0 Å². The fourth-order valence-corrected chi connectivity index (χ4v) is 2.29. The van der Waals surface area contributed by atoms with Crippen molar-refractivity contribution in [2.24, 2.45) is 11.8 Å². The molecule has 2 unspecified atom stereocenters. The van der Waals surface area contributed by atoms with Gasteiger partial charge in [0.25, 0.3) is 0 Å². The molecule has 3 rings (SSSR count). The summed E-state index contributed by atoms with van der Waals surface area (Å²) < 4.78 is 5.68. The topological polar surface area (TPSA) is 33.4 Å². The number of hydrogen-bond acceptors (Lipinski definition) is 2. The third kappa shape index (κ3) is 1.63. The molecule has 2 nitrogen and oxygen atoms in total. The number of rotatable bonds is 3. The van der Waals surface area contributed by atoms with Crippen LogP contribution in [0.4, 0.5) is 0 Å². The lowest BCUT2D eigenvalue weighted by Gasteiger charge is -2.15. The van der Waals surface area contributed by atoms with Crippen molar-refractivity contribution in [2.75, 3.05) is 0 Å². The molecule has 1 saturated carbocycles. The molecule has 16 heavy (non-hydrogen) atoms. The van der Waals surface area contributed by atoms with Crippen LogP contribution < -0.4 is 0 Å². The van der Waals surface area contributed by atoms with Crippen molar-refractivity contribution < 1.29 is 9.52 Å². The van der Waals surface area contributed by atoms with Gasteiger partial charge in [0.05, 0.1) is 0 Å². The van der Waals surface area contributed by atoms with Gasteiger partial charge in [-0.25, -0.2) is 0 Å². The van der Waals surface area contributed by atoms with Crippen LogP contribution in [0.25, 0.3) is 11.0 Å². The van der Waals surface area contributed by atoms with E-state index < -0.39 is 6.10 Å². The van der Waals surface area contributed by atoms with Gasteiger partial charge >= 0.3 is 0 Å². The summed E-state index contributed by atoms with van der Waals surface area (Å²) in [6.45, 7) is 2.11. The van der Waals surface area contributed by atoms with Gasteiger partial charge in [-0.1, -0.05) is 25.1 Å². The minimum atomic E-state index is -0.458. The summed E-state index contributed by atoms with van der Waals surface area (Å²) in [5, 5.41) is 11.3. The van der Waals surface area contributed by atoms with Gasteiger partial charge in [-0.3, -0.25) is 0 Å². The van der Waals surface area contributed by atoms with Crippen molar-refractivity contribution in [3.05, 3.63) is 36.1 Å². The van der Waals surface area contributed by atoms with Gasteiger partial charge in [-0.15, -0.1) is 0 Å². The number of benzene rings is 1. The lowest BCUT2D eigenvalue weighted by molar-refractivity contribution is 0.0853. The summed E-state index contributed by atoms with van der Waals surface area (Å²) in [7, 11) is 0. The average Bonchev–Trinajstić information content (AvgIpc) is 3.06. The van der Waals surface area contributed by atoms with Crippen molar-refractivity contribution >= 4 is 11.0 Å². The molecule has 0 radical (unpaired) electrons. The highest BCUT2D eigenvalue weighted by Crippen LogP contribution is 2.43. The van der Waals surface area contributed by atoms with E-state index in [4.69, 9.17) is 4.42 Å². The number of fused-ring (bicyclic) bond motifs is 1. The van der Waals surface area contributed by atoms with Crippen LogP contribution in [0, 0.1) is 11.8 Å². The van der Waals surface area contributed by atoms with Crippen molar-refractivity contribution in [1.82, 2.24) is 0 Å². The van der Waals surface area contributed by atoms with Crippen molar-refractivity contribution in [3.8, 4) is 0 Å². The van der Waals surface area contributed by atoms with Gasteiger partial charge in [-0.05, 0) is 36.8 Å². The van der Waals surface area contributed by atoms with E-state index in [1.165, 1.54) is 12.8 Å². The summed E-state index contributed by atoms with van der Waals surface area (Å²) >= 11 is 0. The molecule has 1 aliphatic rings. The Balaban J connectivity index is 1.92. The Morgan fingerprint density at radius 2 is 2.06 bits per heavy atom. The molecule has 1 aromatic carbocycles. The van der Waals surface area contributed by atoms with Gasteiger partial charge in [0, 0.05) is 5.39 Å². The molecule has 1 fully saturated rings. The predicted molar refractivity (Wildman–Crippen MR) is 63.1 cm³/mol. The highest BCUT2D eigenvalue weighted by Gasteiger charge is 2.34. The van der Waals surface area contributed by atoms with Crippen LogP contribution in [-0.4, -0.2) is 5.11 Å². The lowest BCUT2D eigenvalue weighted by Crippen LogP contribution is -2.10. The second-order valence-electron chi connectivity index (χ2n) is 4.83. The van der Waals surface area contributed by atoms with E-state index in [1.54, 1.807) is 0 Å². The van der Waals surface area contributed by atoms with Crippen LogP contribution in [0.5, 0.6) is 0 Å². The van der Waals surface area contributed by atoms with E-state index in [-0.39, 0.29) is 0 Å². The van der Waals surface area contributed by atoms with E-state index in [0.717, 1.165) is 11.0 Å². The molecule has 0 aliphatic heterocycles. The van der Waals surface area contributed by atoms with Crippen LogP contribution in [0.2, 0.25) is 0 Å². The summed E-state index contributed by atoms with van der Waals surface area (Å²) in [5.74, 6) is 1.70. The zero-order valence-electron chi connectivity index (χ0n) is 9.39. The van der Waals surface area contributed by atoms with E-state index >= 15 is 0 Å². The monoisotopic (exact) mass is 216 g/mol. The predicted octanol–water partition coefficient (Wildman–Crippen LogP) is 3.51. The van der Waals surface area contributed by atoms with Crippen LogP contribution in [0.15, 0.2) is 34.7 Å². The first-order chi connectivity index (χ1) is 7.75. The van der Waals surface area contributed by atoms with Gasteiger partial charge < -0.3 is 9.52 Å². The third-order valence-electron chi connectivity index (χ3n) is 3.60. The molecule has 0 bridgehead atoms.